The molecule has 0 fully saturated rings. The van der Waals surface area contributed by atoms with E-state index in [4.69, 9.17) is 9.47 Å². The van der Waals surface area contributed by atoms with Gasteiger partial charge in [0, 0.05) is 25.3 Å². The summed E-state index contributed by atoms with van der Waals surface area (Å²) in [6, 6.07) is 13.3. The van der Waals surface area contributed by atoms with Gasteiger partial charge in [0.05, 0.1) is 13.7 Å². The van der Waals surface area contributed by atoms with E-state index in [9.17, 15) is 5.11 Å². The second kappa shape index (κ2) is 6.88. The third kappa shape index (κ3) is 3.81. The van der Waals surface area contributed by atoms with Gasteiger partial charge in [-0.1, -0.05) is 12.1 Å². The molecule has 0 saturated carbocycles. The van der Waals surface area contributed by atoms with Crippen LogP contribution in [0.15, 0.2) is 42.5 Å². The van der Waals surface area contributed by atoms with Crippen LogP contribution in [-0.2, 0) is 6.54 Å². The molecule has 21 heavy (non-hydrogen) atoms. The molecule has 0 heterocycles. The quantitative estimate of drug-likeness (QED) is 0.883. The molecule has 4 nitrogen and oxygen atoms in total. The van der Waals surface area contributed by atoms with E-state index in [2.05, 4.69) is 4.90 Å². The Balaban J connectivity index is 2.15. The van der Waals surface area contributed by atoms with Gasteiger partial charge in [0.1, 0.15) is 5.75 Å². The van der Waals surface area contributed by atoms with Crippen molar-refractivity contribution in [2.24, 2.45) is 0 Å². The maximum Gasteiger partial charge on any atom is 0.161 e. The Kier molecular flexibility index (Phi) is 4.93. The third-order valence-corrected chi connectivity index (χ3v) is 3.24. The topological polar surface area (TPSA) is 41.9 Å². The Bertz CT molecular complexity index is 598. The van der Waals surface area contributed by atoms with Crippen LogP contribution in [0.3, 0.4) is 0 Å². The van der Waals surface area contributed by atoms with Crippen molar-refractivity contribution >= 4 is 5.69 Å². The zero-order valence-electron chi connectivity index (χ0n) is 12.7. The zero-order chi connectivity index (χ0) is 15.2. The zero-order valence-corrected chi connectivity index (χ0v) is 12.7. The lowest BCUT2D eigenvalue weighted by Gasteiger charge is -2.20. The number of benzene rings is 2. The molecule has 0 aliphatic carbocycles. The number of hydrogen-bond acceptors (Lipinski definition) is 4. The van der Waals surface area contributed by atoms with E-state index in [-0.39, 0.29) is 5.75 Å². The molecule has 4 heteroatoms. The van der Waals surface area contributed by atoms with Crippen LogP contribution in [0, 0.1) is 0 Å². The van der Waals surface area contributed by atoms with Gasteiger partial charge >= 0.3 is 0 Å². The van der Waals surface area contributed by atoms with Gasteiger partial charge in [0.25, 0.3) is 0 Å². The summed E-state index contributed by atoms with van der Waals surface area (Å²) in [5.41, 5.74) is 2.14. The summed E-state index contributed by atoms with van der Waals surface area (Å²) < 4.78 is 10.7. The minimum Gasteiger partial charge on any atom is -0.504 e. The van der Waals surface area contributed by atoms with Crippen LogP contribution in [0.1, 0.15) is 12.5 Å². The molecule has 1 N–H and O–H groups in total. The summed E-state index contributed by atoms with van der Waals surface area (Å²) in [6.45, 7) is 3.14. The first-order chi connectivity index (χ1) is 10.1. The SMILES string of the molecule is CCOc1cc(CN(C)c2cccc(OC)c2)ccc1O. The average molecular weight is 287 g/mol. The number of rotatable bonds is 6. The van der Waals surface area contributed by atoms with E-state index in [1.54, 1.807) is 13.2 Å². The van der Waals surface area contributed by atoms with Gasteiger partial charge in [-0.15, -0.1) is 0 Å². The van der Waals surface area contributed by atoms with Gasteiger partial charge in [0.15, 0.2) is 11.5 Å². The molecule has 0 atom stereocenters. The lowest BCUT2D eigenvalue weighted by molar-refractivity contribution is 0.318. The Morgan fingerprint density at radius 2 is 1.95 bits per heavy atom. The Hall–Kier alpha value is -2.36. The van der Waals surface area contributed by atoms with Crippen molar-refractivity contribution in [2.75, 3.05) is 25.7 Å². The fourth-order valence-corrected chi connectivity index (χ4v) is 2.14. The van der Waals surface area contributed by atoms with Gasteiger partial charge in [0.2, 0.25) is 0 Å². The maximum absolute atomic E-state index is 9.73. The molecule has 0 aliphatic heterocycles. The maximum atomic E-state index is 9.73. The highest BCUT2D eigenvalue weighted by Gasteiger charge is 2.07. The van der Waals surface area contributed by atoms with Gasteiger partial charge in [-0.3, -0.25) is 0 Å². The molecule has 0 amide bonds. The van der Waals surface area contributed by atoms with Crippen LogP contribution in [0.4, 0.5) is 5.69 Å². The summed E-state index contributed by atoms with van der Waals surface area (Å²) >= 11 is 0. The molecule has 0 aromatic heterocycles. The van der Waals surface area contributed by atoms with Crippen LogP contribution >= 0.6 is 0 Å². The van der Waals surface area contributed by atoms with E-state index in [1.807, 2.05) is 50.4 Å². The summed E-state index contributed by atoms with van der Waals surface area (Å²) in [5, 5.41) is 9.73. The Morgan fingerprint density at radius 1 is 1.14 bits per heavy atom. The van der Waals surface area contributed by atoms with Gasteiger partial charge in [-0.2, -0.15) is 0 Å². The van der Waals surface area contributed by atoms with Gasteiger partial charge < -0.3 is 19.5 Å². The number of ether oxygens (including phenoxy) is 2. The van der Waals surface area contributed by atoms with E-state index in [0.717, 1.165) is 17.0 Å². The first-order valence-electron chi connectivity index (χ1n) is 6.94. The number of nitrogens with zero attached hydrogens (tertiary/aromatic N) is 1. The first-order valence-corrected chi connectivity index (χ1v) is 6.94. The number of aromatic hydroxyl groups is 1. The molecule has 0 saturated heterocycles. The number of phenols is 1. The molecule has 0 radical (unpaired) electrons. The fraction of sp³-hybridized carbons (Fsp3) is 0.294. The fourth-order valence-electron chi connectivity index (χ4n) is 2.14. The van der Waals surface area contributed by atoms with Crippen molar-refractivity contribution in [1.82, 2.24) is 0 Å². The van der Waals surface area contributed by atoms with Crippen molar-refractivity contribution in [2.45, 2.75) is 13.5 Å². The summed E-state index contributed by atoms with van der Waals surface area (Å²) in [7, 11) is 3.68. The normalized spacial score (nSPS) is 10.2. The molecule has 2 aromatic carbocycles. The number of hydrogen-bond donors (Lipinski definition) is 1. The molecule has 0 aliphatic rings. The molecular weight excluding hydrogens is 266 g/mol. The Morgan fingerprint density at radius 3 is 2.67 bits per heavy atom. The number of phenolic OH excluding ortho intramolecular Hbond substituents is 1. The molecule has 2 aromatic rings. The largest absolute Gasteiger partial charge is 0.504 e. The molecular formula is C17H21NO3. The van der Waals surface area contributed by atoms with Crippen LogP contribution in [0.2, 0.25) is 0 Å². The summed E-state index contributed by atoms with van der Waals surface area (Å²) in [5.74, 6) is 1.53. The van der Waals surface area contributed by atoms with E-state index in [0.29, 0.717) is 18.9 Å². The van der Waals surface area contributed by atoms with Crippen molar-refractivity contribution in [3.63, 3.8) is 0 Å². The van der Waals surface area contributed by atoms with Crippen LogP contribution < -0.4 is 14.4 Å². The molecule has 2 rings (SSSR count). The van der Waals surface area contributed by atoms with Gasteiger partial charge in [-0.25, -0.2) is 0 Å². The van der Waals surface area contributed by atoms with E-state index >= 15 is 0 Å². The number of methoxy groups -OCH3 is 1. The van der Waals surface area contributed by atoms with Crippen LogP contribution in [0.25, 0.3) is 0 Å². The Labute approximate surface area is 125 Å². The van der Waals surface area contributed by atoms with E-state index in [1.165, 1.54) is 0 Å². The predicted octanol–water partition coefficient (Wildman–Crippen LogP) is 3.44. The standard InChI is InChI=1S/C17H21NO3/c1-4-21-17-10-13(8-9-16(17)19)12-18(2)14-6-5-7-15(11-14)20-3/h5-11,19H,4,12H2,1-3H3. The minimum atomic E-state index is 0.171. The average Bonchev–Trinajstić information content (AvgIpc) is 2.51. The van der Waals surface area contributed by atoms with Crippen molar-refractivity contribution in [3.8, 4) is 17.2 Å². The highest BCUT2D eigenvalue weighted by Crippen LogP contribution is 2.28. The number of anilines is 1. The molecule has 0 spiro atoms. The summed E-state index contributed by atoms with van der Waals surface area (Å²) in [4.78, 5) is 2.12. The van der Waals surface area contributed by atoms with Crippen LogP contribution in [-0.4, -0.2) is 25.9 Å². The minimum absolute atomic E-state index is 0.171. The molecule has 0 bridgehead atoms. The lowest BCUT2D eigenvalue weighted by atomic mass is 10.1. The van der Waals surface area contributed by atoms with Crippen molar-refractivity contribution in [1.29, 1.82) is 0 Å². The third-order valence-electron chi connectivity index (χ3n) is 3.24. The second-order valence-corrected chi connectivity index (χ2v) is 4.79. The van der Waals surface area contributed by atoms with Crippen molar-refractivity contribution < 1.29 is 14.6 Å². The van der Waals surface area contributed by atoms with Gasteiger partial charge in [-0.05, 0) is 36.8 Å². The van der Waals surface area contributed by atoms with E-state index < -0.39 is 0 Å². The van der Waals surface area contributed by atoms with Crippen LogP contribution in [0.5, 0.6) is 17.2 Å². The lowest BCUT2D eigenvalue weighted by Crippen LogP contribution is -2.16. The monoisotopic (exact) mass is 287 g/mol. The van der Waals surface area contributed by atoms with Crippen molar-refractivity contribution in [3.05, 3.63) is 48.0 Å². The first kappa shape index (κ1) is 15.0. The summed E-state index contributed by atoms with van der Waals surface area (Å²) in [6.07, 6.45) is 0. The predicted molar refractivity (Wildman–Crippen MR) is 84.4 cm³/mol. The molecule has 112 valence electrons. The highest BCUT2D eigenvalue weighted by atomic mass is 16.5. The second-order valence-electron chi connectivity index (χ2n) is 4.79. The molecule has 0 unspecified atom stereocenters. The highest BCUT2D eigenvalue weighted by molar-refractivity contribution is 5.51. The smallest absolute Gasteiger partial charge is 0.161 e.